The quantitative estimate of drug-likeness (QED) is 0.864. The fourth-order valence-electron chi connectivity index (χ4n) is 1.66. The number of methoxy groups -OCH3 is 1. The van der Waals surface area contributed by atoms with Gasteiger partial charge in [-0.2, -0.15) is 0 Å². The van der Waals surface area contributed by atoms with Crippen LogP contribution in [0.2, 0.25) is 0 Å². The van der Waals surface area contributed by atoms with Crippen molar-refractivity contribution in [3.63, 3.8) is 0 Å². The van der Waals surface area contributed by atoms with Crippen molar-refractivity contribution >= 4 is 22.6 Å². The molecular formula is C13H14N2O3. The van der Waals surface area contributed by atoms with E-state index in [-0.39, 0.29) is 0 Å². The number of ether oxygens (including phenoxy) is 1. The van der Waals surface area contributed by atoms with Gasteiger partial charge in [0.2, 0.25) is 0 Å². The molecule has 1 unspecified atom stereocenters. The molecule has 0 aliphatic carbocycles. The van der Waals surface area contributed by atoms with Crippen LogP contribution in [-0.4, -0.2) is 29.2 Å². The highest BCUT2D eigenvalue weighted by Gasteiger charge is 2.12. The van der Waals surface area contributed by atoms with Crippen molar-refractivity contribution in [2.75, 3.05) is 12.4 Å². The van der Waals surface area contributed by atoms with Crippen LogP contribution >= 0.6 is 0 Å². The Morgan fingerprint density at radius 2 is 2.28 bits per heavy atom. The maximum atomic E-state index is 10.8. The van der Waals surface area contributed by atoms with Gasteiger partial charge in [0, 0.05) is 5.39 Å². The van der Waals surface area contributed by atoms with Crippen molar-refractivity contribution in [1.82, 2.24) is 4.98 Å². The lowest BCUT2D eigenvalue weighted by Crippen LogP contribution is -2.25. The van der Waals surface area contributed by atoms with Gasteiger partial charge in [-0.05, 0) is 19.1 Å². The molecule has 0 aliphatic heterocycles. The molecule has 0 amide bonds. The van der Waals surface area contributed by atoms with E-state index in [0.717, 1.165) is 10.9 Å². The van der Waals surface area contributed by atoms with E-state index in [1.54, 1.807) is 26.3 Å². The van der Waals surface area contributed by atoms with Crippen LogP contribution in [0.4, 0.5) is 5.69 Å². The van der Waals surface area contributed by atoms with E-state index < -0.39 is 12.0 Å². The predicted octanol–water partition coefficient (Wildman–Crippen LogP) is 2.13. The largest absolute Gasteiger partial charge is 0.495 e. The third-order valence-corrected chi connectivity index (χ3v) is 2.66. The summed E-state index contributed by atoms with van der Waals surface area (Å²) >= 11 is 0. The first-order valence-corrected chi connectivity index (χ1v) is 5.54. The number of carbonyl (C=O) groups is 1. The molecule has 94 valence electrons. The van der Waals surface area contributed by atoms with E-state index in [1.165, 1.54) is 0 Å². The number of rotatable bonds is 4. The fraction of sp³-hybridized carbons (Fsp3) is 0.231. The van der Waals surface area contributed by atoms with Crippen LogP contribution in [-0.2, 0) is 4.79 Å². The van der Waals surface area contributed by atoms with E-state index in [0.29, 0.717) is 11.4 Å². The first-order chi connectivity index (χ1) is 8.61. The zero-order valence-electron chi connectivity index (χ0n) is 10.2. The summed E-state index contributed by atoms with van der Waals surface area (Å²) in [7, 11) is 1.58. The molecule has 0 aliphatic rings. The minimum Gasteiger partial charge on any atom is -0.495 e. The van der Waals surface area contributed by atoms with Gasteiger partial charge in [-0.1, -0.05) is 12.1 Å². The molecule has 0 saturated carbocycles. The lowest BCUT2D eigenvalue weighted by molar-refractivity contribution is -0.137. The van der Waals surface area contributed by atoms with Crippen molar-refractivity contribution in [1.29, 1.82) is 0 Å². The van der Waals surface area contributed by atoms with Crippen LogP contribution in [0.5, 0.6) is 5.75 Å². The monoisotopic (exact) mass is 246 g/mol. The first kappa shape index (κ1) is 12.2. The molecule has 2 N–H and O–H groups in total. The number of hydrogen-bond acceptors (Lipinski definition) is 4. The summed E-state index contributed by atoms with van der Waals surface area (Å²) in [6.45, 7) is 1.59. The van der Waals surface area contributed by atoms with E-state index >= 15 is 0 Å². The average Bonchev–Trinajstić information content (AvgIpc) is 2.38. The molecule has 0 fully saturated rings. The Morgan fingerprint density at radius 3 is 2.94 bits per heavy atom. The third-order valence-electron chi connectivity index (χ3n) is 2.66. The van der Waals surface area contributed by atoms with E-state index in [1.807, 2.05) is 18.2 Å². The number of aliphatic carboxylic acids is 1. The number of carboxylic acid groups (broad SMARTS) is 1. The summed E-state index contributed by atoms with van der Waals surface area (Å²) in [5.41, 5.74) is 1.43. The number of pyridine rings is 1. The molecule has 18 heavy (non-hydrogen) atoms. The van der Waals surface area contributed by atoms with Crippen LogP contribution in [0.15, 0.2) is 30.5 Å². The number of nitrogens with zero attached hydrogens (tertiary/aromatic N) is 1. The summed E-state index contributed by atoms with van der Waals surface area (Å²) in [5, 5.41) is 12.7. The molecule has 1 heterocycles. The zero-order chi connectivity index (χ0) is 13.1. The van der Waals surface area contributed by atoms with Gasteiger partial charge in [0.15, 0.2) is 0 Å². The number of para-hydroxylation sites is 1. The number of benzene rings is 1. The number of hydrogen-bond donors (Lipinski definition) is 2. The van der Waals surface area contributed by atoms with Gasteiger partial charge in [-0.25, -0.2) is 0 Å². The second kappa shape index (κ2) is 4.91. The maximum absolute atomic E-state index is 10.8. The molecule has 2 rings (SSSR count). The lowest BCUT2D eigenvalue weighted by atomic mass is 10.1. The summed E-state index contributed by atoms with van der Waals surface area (Å²) in [5.74, 6) is -0.230. The Labute approximate surface area is 104 Å². The predicted molar refractivity (Wildman–Crippen MR) is 69.0 cm³/mol. The van der Waals surface area contributed by atoms with Crippen molar-refractivity contribution in [2.24, 2.45) is 0 Å². The molecule has 0 saturated heterocycles. The van der Waals surface area contributed by atoms with Gasteiger partial charge in [0.05, 0.1) is 24.5 Å². The minimum atomic E-state index is -0.902. The number of aromatic nitrogens is 1. The molecule has 2 aromatic rings. The smallest absolute Gasteiger partial charge is 0.325 e. The van der Waals surface area contributed by atoms with Crippen LogP contribution in [0.1, 0.15) is 6.92 Å². The highest BCUT2D eigenvalue weighted by molar-refractivity contribution is 5.92. The third kappa shape index (κ3) is 2.34. The molecule has 5 nitrogen and oxygen atoms in total. The SMILES string of the molecule is COc1cnc2c(NC(C)C(=O)O)cccc2c1. The number of fused-ring (bicyclic) bond motifs is 1. The number of anilines is 1. The van der Waals surface area contributed by atoms with Gasteiger partial charge >= 0.3 is 5.97 Å². The van der Waals surface area contributed by atoms with Crippen molar-refractivity contribution in [2.45, 2.75) is 13.0 Å². The fourth-order valence-corrected chi connectivity index (χ4v) is 1.66. The van der Waals surface area contributed by atoms with Crippen LogP contribution < -0.4 is 10.1 Å². The second-order valence-corrected chi connectivity index (χ2v) is 3.96. The van der Waals surface area contributed by atoms with E-state index in [2.05, 4.69) is 10.3 Å². The Morgan fingerprint density at radius 1 is 1.50 bits per heavy atom. The van der Waals surface area contributed by atoms with Gasteiger partial charge in [-0.3, -0.25) is 9.78 Å². The summed E-state index contributed by atoms with van der Waals surface area (Å²) in [6.07, 6.45) is 1.61. The van der Waals surface area contributed by atoms with Gasteiger partial charge in [0.1, 0.15) is 11.8 Å². The van der Waals surface area contributed by atoms with Crippen LogP contribution in [0.25, 0.3) is 10.9 Å². The van der Waals surface area contributed by atoms with Crippen LogP contribution in [0.3, 0.4) is 0 Å². The maximum Gasteiger partial charge on any atom is 0.325 e. The normalized spacial score (nSPS) is 12.1. The Hall–Kier alpha value is -2.30. The minimum absolute atomic E-state index is 0.667. The highest BCUT2D eigenvalue weighted by Crippen LogP contribution is 2.24. The Bertz CT molecular complexity index is 583. The summed E-state index contributed by atoms with van der Waals surface area (Å²) in [6, 6.07) is 6.75. The van der Waals surface area contributed by atoms with Crippen LogP contribution in [0, 0.1) is 0 Å². The first-order valence-electron chi connectivity index (χ1n) is 5.54. The summed E-state index contributed by atoms with van der Waals surface area (Å²) in [4.78, 5) is 15.1. The van der Waals surface area contributed by atoms with Gasteiger partial charge in [-0.15, -0.1) is 0 Å². The van der Waals surface area contributed by atoms with E-state index in [4.69, 9.17) is 9.84 Å². The number of nitrogens with one attached hydrogen (secondary N) is 1. The van der Waals surface area contributed by atoms with Gasteiger partial charge in [0.25, 0.3) is 0 Å². The molecule has 1 aromatic carbocycles. The Balaban J connectivity index is 2.42. The topological polar surface area (TPSA) is 71.5 Å². The van der Waals surface area contributed by atoms with Crippen molar-refractivity contribution < 1.29 is 14.6 Å². The molecular weight excluding hydrogens is 232 g/mol. The van der Waals surface area contributed by atoms with E-state index in [9.17, 15) is 4.79 Å². The summed E-state index contributed by atoms with van der Waals surface area (Å²) < 4.78 is 5.10. The lowest BCUT2D eigenvalue weighted by Gasteiger charge is -2.12. The molecule has 0 radical (unpaired) electrons. The molecule has 5 heteroatoms. The molecule has 1 atom stereocenters. The zero-order valence-corrected chi connectivity index (χ0v) is 10.2. The van der Waals surface area contributed by atoms with Crippen molar-refractivity contribution in [3.8, 4) is 5.75 Å². The number of carboxylic acids is 1. The standard InChI is InChI=1S/C13H14N2O3/c1-8(13(16)17)15-11-5-3-4-9-6-10(18-2)7-14-12(9)11/h3-8,15H,1-2H3,(H,16,17). The Kier molecular flexibility index (Phi) is 3.32. The average molecular weight is 246 g/mol. The highest BCUT2D eigenvalue weighted by atomic mass is 16.5. The molecule has 1 aromatic heterocycles. The molecule has 0 bridgehead atoms. The van der Waals surface area contributed by atoms with Gasteiger partial charge < -0.3 is 15.2 Å². The molecule has 0 spiro atoms. The second-order valence-electron chi connectivity index (χ2n) is 3.96. The van der Waals surface area contributed by atoms with Crippen molar-refractivity contribution in [3.05, 3.63) is 30.5 Å².